The summed E-state index contributed by atoms with van der Waals surface area (Å²) in [7, 11) is 0. The second-order valence-corrected chi connectivity index (χ2v) is 6.74. The fraction of sp³-hybridized carbons (Fsp3) is 0.278. The van der Waals surface area contributed by atoms with Gasteiger partial charge in [0.25, 0.3) is 0 Å². The number of halogens is 3. The molecule has 1 fully saturated rings. The smallest absolute Gasteiger partial charge is 0.278 e. The van der Waals surface area contributed by atoms with Gasteiger partial charge in [0.15, 0.2) is 11.5 Å². The molecule has 0 unspecified atom stereocenters. The second kappa shape index (κ2) is 5.06. The standard InChI is InChI=1S/C18H14F3N5/c1-9-6-11(7-12-8-22-24-15(9)12)14-13(18(19,20)21)4-5-26-17(14)23-16(25-26)10-2-3-10/h4-8,10H,2-3H2,1H3,(H,22,24). The first-order valence-electron chi connectivity index (χ1n) is 8.32. The van der Waals surface area contributed by atoms with E-state index in [0.717, 1.165) is 35.4 Å². The van der Waals surface area contributed by atoms with Crippen molar-refractivity contribution in [3.63, 3.8) is 0 Å². The summed E-state index contributed by atoms with van der Waals surface area (Å²) in [5.41, 5.74) is 1.70. The highest BCUT2D eigenvalue weighted by Crippen LogP contribution is 2.42. The monoisotopic (exact) mass is 357 g/mol. The van der Waals surface area contributed by atoms with Gasteiger partial charge in [0.2, 0.25) is 0 Å². The van der Waals surface area contributed by atoms with Crippen molar-refractivity contribution in [3.8, 4) is 11.1 Å². The van der Waals surface area contributed by atoms with Crippen LogP contribution in [0.3, 0.4) is 0 Å². The minimum Gasteiger partial charge on any atom is -0.278 e. The lowest BCUT2D eigenvalue weighted by Gasteiger charge is -2.14. The molecule has 0 bridgehead atoms. The van der Waals surface area contributed by atoms with Gasteiger partial charge in [0.1, 0.15) is 0 Å². The lowest BCUT2D eigenvalue weighted by molar-refractivity contribution is -0.137. The van der Waals surface area contributed by atoms with E-state index in [1.165, 1.54) is 10.7 Å². The van der Waals surface area contributed by atoms with Gasteiger partial charge in [0.05, 0.1) is 17.3 Å². The Bertz CT molecular complexity index is 1150. The lowest BCUT2D eigenvalue weighted by Crippen LogP contribution is -2.09. The summed E-state index contributed by atoms with van der Waals surface area (Å²) >= 11 is 0. The van der Waals surface area contributed by atoms with Crippen LogP contribution in [0.2, 0.25) is 0 Å². The van der Waals surface area contributed by atoms with Crippen LogP contribution in [0.4, 0.5) is 13.2 Å². The van der Waals surface area contributed by atoms with Crippen molar-refractivity contribution in [2.45, 2.75) is 31.9 Å². The Balaban J connectivity index is 1.85. The van der Waals surface area contributed by atoms with Gasteiger partial charge in [-0.2, -0.15) is 23.4 Å². The number of hydrogen-bond acceptors (Lipinski definition) is 3. The molecule has 132 valence electrons. The average molecular weight is 357 g/mol. The quantitative estimate of drug-likeness (QED) is 0.575. The Morgan fingerprint density at radius 3 is 2.77 bits per heavy atom. The third-order valence-electron chi connectivity index (χ3n) is 4.81. The lowest BCUT2D eigenvalue weighted by atomic mass is 9.97. The van der Waals surface area contributed by atoms with E-state index in [9.17, 15) is 13.2 Å². The molecule has 1 N–H and O–H groups in total. The molecule has 26 heavy (non-hydrogen) atoms. The molecule has 1 aliphatic carbocycles. The average Bonchev–Trinajstić information content (AvgIpc) is 3.15. The predicted octanol–water partition coefficient (Wildman–Crippen LogP) is 4.48. The van der Waals surface area contributed by atoms with Crippen LogP contribution in [-0.2, 0) is 6.18 Å². The molecule has 0 atom stereocenters. The topological polar surface area (TPSA) is 58.9 Å². The van der Waals surface area contributed by atoms with Gasteiger partial charge in [0, 0.05) is 23.1 Å². The zero-order chi connectivity index (χ0) is 18.1. The molecule has 3 aromatic heterocycles. The number of hydrogen-bond donors (Lipinski definition) is 1. The summed E-state index contributed by atoms with van der Waals surface area (Å²) in [6, 6.07) is 4.51. The number of alkyl halides is 3. The highest BCUT2D eigenvalue weighted by molar-refractivity contribution is 5.91. The molecule has 3 heterocycles. The fourth-order valence-electron chi connectivity index (χ4n) is 3.38. The first kappa shape index (κ1) is 15.4. The summed E-state index contributed by atoms with van der Waals surface area (Å²) in [4.78, 5) is 4.45. The summed E-state index contributed by atoms with van der Waals surface area (Å²) in [5.74, 6) is 0.877. The summed E-state index contributed by atoms with van der Waals surface area (Å²) in [6.07, 6.45) is 0.432. The van der Waals surface area contributed by atoms with Crippen molar-refractivity contribution < 1.29 is 13.2 Å². The van der Waals surface area contributed by atoms with E-state index in [2.05, 4.69) is 20.3 Å². The number of pyridine rings is 1. The molecule has 0 spiro atoms. The van der Waals surface area contributed by atoms with Gasteiger partial charge in [-0.25, -0.2) is 9.50 Å². The van der Waals surface area contributed by atoms with E-state index in [1.807, 2.05) is 6.92 Å². The van der Waals surface area contributed by atoms with Gasteiger partial charge >= 0.3 is 6.18 Å². The van der Waals surface area contributed by atoms with E-state index in [4.69, 9.17) is 0 Å². The number of H-pyrrole nitrogens is 1. The van der Waals surface area contributed by atoms with Crippen molar-refractivity contribution in [1.29, 1.82) is 0 Å². The van der Waals surface area contributed by atoms with E-state index in [0.29, 0.717) is 11.4 Å². The number of nitrogens with one attached hydrogen (secondary N) is 1. The van der Waals surface area contributed by atoms with Crippen LogP contribution in [0.1, 0.15) is 35.7 Å². The third-order valence-corrected chi connectivity index (χ3v) is 4.81. The predicted molar refractivity (Wildman–Crippen MR) is 89.8 cm³/mol. The zero-order valence-electron chi connectivity index (χ0n) is 13.8. The van der Waals surface area contributed by atoms with Crippen molar-refractivity contribution >= 4 is 16.6 Å². The van der Waals surface area contributed by atoms with Crippen LogP contribution in [0.5, 0.6) is 0 Å². The van der Waals surface area contributed by atoms with E-state index >= 15 is 0 Å². The SMILES string of the molecule is Cc1cc(-c2c(C(F)(F)F)ccn3nc(C4CC4)nc23)cc2cn[nH]c12. The van der Waals surface area contributed by atoms with Crippen LogP contribution in [0.15, 0.2) is 30.6 Å². The number of fused-ring (bicyclic) bond motifs is 2. The maximum Gasteiger partial charge on any atom is 0.417 e. The second-order valence-electron chi connectivity index (χ2n) is 6.74. The highest BCUT2D eigenvalue weighted by Gasteiger charge is 2.36. The van der Waals surface area contributed by atoms with E-state index in [-0.39, 0.29) is 17.1 Å². The molecular formula is C18H14F3N5. The van der Waals surface area contributed by atoms with Crippen molar-refractivity contribution in [2.75, 3.05) is 0 Å². The van der Waals surface area contributed by atoms with Gasteiger partial charge in [-0.3, -0.25) is 5.10 Å². The number of aryl methyl sites for hydroxylation is 1. The Hall–Kier alpha value is -2.90. The Labute approximate surface area is 145 Å². The zero-order valence-corrected chi connectivity index (χ0v) is 13.8. The van der Waals surface area contributed by atoms with Gasteiger partial charge < -0.3 is 0 Å². The number of benzene rings is 1. The molecule has 0 amide bonds. The molecule has 1 aromatic carbocycles. The van der Waals surface area contributed by atoms with Crippen molar-refractivity contribution in [2.24, 2.45) is 0 Å². The minimum atomic E-state index is -4.48. The fourth-order valence-corrected chi connectivity index (χ4v) is 3.38. The number of nitrogens with zero attached hydrogens (tertiary/aromatic N) is 4. The third kappa shape index (κ3) is 2.28. The van der Waals surface area contributed by atoms with Crippen molar-refractivity contribution in [3.05, 3.63) is 47.5 Å². The largest absolute Gasteiger partial charge is 0.417 e. The molecule has 1 aliphatic rings. The molecular weight excluding hydrogens is 343 g/mol. The van der Waals surface area contributed by atoms with E-state index in [1.54, 1.807) is 18.3 Å². The number of aromatic amines is 1. The summed E-state index contributed by atoms with van der Waals surface area (Å²) in [6.45, 7) is 1.84. The number of aromatic nitrogens is 5. The Morgan fingerprint density at radius 2 is 2.04 bits per heavy atom. The Kier molecular flexibility index (Phi) is 2.99. The first-order valence-corrected chi connectivity index (χ1v) is 8.32. The maximum atomic E-state index is 13.7. The van der Waals surface area contributed by atoms with Gasteiger partial charge in [-0.1, -0.05) is 0 Å². The minimum absolute atomic E-state index is 0.0607. The van der Waals surface area contributed by atoms with Crippen LogP contribution in [0.25, 0.3) is 27.7 Å². The number of rotatable bonds is 2. The van der Waals surface area contributed by atoms with Crippen LogP contribution < -0.4 is 0 Å². The maximum absolute atomic E-state index is 13.7. The molecule has 8 heteroatoms. The van der Waals surface area contributed by atoms with Gasteiger partial charge in [-0.05, 0) is 49.1 Å². The molecule has 1 saturated carbocycles. The van der Waals surface area contributed by atoms with Crippen LogP contribution >= 0.6 is 0 Å². The molecule has 4 aromatic rings. The van der Waals surface area contributed by atoms with Crippen LogP contribution in [0, 0.1) is 6.92 Å². The molecule has 0 aliphatic heterocycles. The molecule has 0 radical (unpaired) electrons. The molecule has 5 nitrogen and oxygen atoms in total. The highest BCUT2D eigenvalue weighted by atomic mass is 19.4. The first-order chi connectivity index (χ1) is 12.4. The normalized spacial score (nSPS) is 15.2. The summed E-state index contributed by atoms with van der Waals surface area (Å²) in [5, 5.41) is 12.0. The van der Waals surface area contributed by atoms with Crippen molar-refractivity contribution in [1.82, 2.24) is 24.8 Å². The molecule has 5 rings (SSSR count). The Morgan fingerprint density at radius 1 is 1.23 bits per heavy atom. The van der Waals surface area contributed by atoms with Gasteiger partial charge in [-0.15, -0.1) is 0 Å². The molecule has 0 saturated heterocycles. The summed E-state index contributed by atoms with van der Waals surface area (Å²) < 4.78 is 42.6. The van der Waals surface area contributed by atoms with Crippen LogP contribution in [-0.4, -0.2) is 24.8 Å². The van der Waals surface area contributed by atoms with E-state index < -0.39 is 11.7 Å².